The zero-order valence-electron chi connectivity index (χ0n) is 9.80. The van der Waals surface area contributed by atoms with Gasteiger partial charge >= 0.3 is 0 Å². The maximum Gasteiger partial charge on any atom is 0.241 e. The quantitative estimate of drug-likeness (QED) is 0.749. The lowest BCUT2D eigenvalue weighted by Crippen LogP contribution is -2.24. The van der Waals surface area contributed by atoms with Gasteiger partial charge < -0.3 is 5.32 Å². The van der Waals surface area contributed by atoms with Gasteiger partial charge in [0.05, 0.1) is 18.4 Å². The van der Waals surface area contributed by atoms with E-state index in [-0.39, 0.29) is 17.3 Å². The Balaban J connectivity index is 3.10. The third-order valence-corrected chi connectivity index (χ3v) is 3.11. The van der Waals surface area contributed by atoms with E-state index in [0.717, 1.165) is 6.42 Å². The van der Waals surface area contributed by atoms with Crippen LogP contribution in [0, 0.1) is 0 Å². The fourth-order valence-corrected chi connectivity index (χ4v) is 2.12. The van der Waals surface area contributed by atoms with Crippen LogP contribution in [0.1, 0.15) is 26.0 Å². The summed E-state index contributed by atoms with van der Waals surface area (Å²) in [5.41, 5.74) is 0.407. The molecule has 1 aromatic heterocycles. The van der Waals surface area contributed by atoms with E-state index in [2.05, 4.69) is 10.4 Å². The molecule has 1 rings (SSSR count). The number of nitrogens with zero attached hydrogens (tertiary/aromatic N) is 2. The van der Waals surface area contributed by atoms with Crippen molar-refractivity contribution < 1.29 is 13.2 Å². The number of nitrogens with two attached hydrogens (primary N) is 1. The first-order chi connectivity index (χ1) is 7.86. The van der Waals surface area contributed by atoms with Gasteiger partial charge in [-0.25, -0.2) is 13.6 Å². The Morgan fingerprint density at radius 2 is 2.24 bits per heavy atom. The molecule has 8 heteroatoms. The number of nitrogens with one attached hydrogen (secondary N) is 1. The maximum atomic E-state index is 11.3. The molecule has 0 aromatic carbocycles. The van der Waals surface area contributed by atoms with Crippen LogP contribution in [0.15, 0.2) is 11.1 Å². The maximum absolute atomic E-state index is 11.3. The SMILES string of the molecule is CCCn1ncc(S(N)(=O)=O)c1CNC(C)=O. The minimum atomic E-state index is -3.81. The molecular formula is C9H16N4O3S. The Morgan fingerprint density at radius 1 is 1.59 bits per heavy atom. The van der Waals surface area contributed by atoms with E-state index >= 15 is 0 Å². The molecule has 3 N–H and O–H groups in total. The number of amides is 1. The fraction of sp³-hybridized carbons (Fsp3) is 0.556. The molecule has 1 aromatic rings. The number of primary sulfonamides is 1. The lowest BCUT2D eigenvalue weighted by molar-refractivity contribution is -0.119. The van der Waals surface area contributed by atoms with Gasteiger partial charge in [0, 0.05) is 13.5 Å². The molecule has 0 unspecified atom stereocenters. The van der Waals surface area contributed by atoms with Gasteiger partial charge in [0.15, 0.2) is 0 Å². The molecular weight excluding hydrogens is 244 g/mol. The van der Waals surface area contributed by atoms with E-state index in [9.17, 15) is 13.2 Å². The van der Waals surface area contributed by atoms with Gasteiger partial charge in [-0.3, -0.25) is 9.48 Å². The minimum Gasteiger partial charge on any atom is -0.351 e. The standard InChI is InChI=1S/C9H16N4O3S/c1-3-4-13-8(5-11-7(2)14)9(6-12-13)17(10,15)16/h6H,3-5H2,1-2H3,(H,11,14)(H2,10,15,16). The van der Waals surface area contributed by atoms with Crippen molar-refractivity contribution in [3.63, 3.8) is 0 Å². The lowest BCUT2D eigenvalue weighted by Gasteiger charge is -2.08. The molecule has 0 aliphatic carbocycles. The normalized spacial score (nSPS) is 11.5. The fourth-order valence-electron chi connectivity index (χ4n) is 1.42. The number of rotatable bonds is 5. The van der Waals surface area contributed by atoms with Crippen molar-refractivity contribution in [1.29, 1.82) is 0 Å². The number of hydrogen-bond acceptors (Lipinski definition) is 4. The van der Waals surface area contributed by atoms with Crippen LogP contribution < -0.4 is 10.5 Å². The van der Waals surface area contributed by atoms with Crippen molar-refractivity contribution in [3.05, 3.63) is 11.9 Å². The van der Waals surface area contributed by atoms with Crippen LogP contribution in [0.2, 0.25) is 0 Å². The number of aryl methyl sites for hydroxylation is 1. The summed E-state index contributed by atoms with van der Waals surface area (Å²) in [7, 11) is -3.81. The zero-order valence-corrected chi connectivity index (χ0v) is 10.6. The minimum absolute atomic E-state index is 0.0419. The number of aromatic nitrogens is 2. The number of carbonyl (C=O) groups excluding carboxylic acids is 1. The van der Waals surface area contributed by atoms with Gasteiger partial charge in [-0.2, -0.15) is 5.10 Å². The van der Waals surface area contributed by atoms with E-state index in [1.165, 1.54) is 17.8 Å². The van der Waals surface area contributed by atoms with Crippen molar-refractivity contribution in [2.45, 2.75) is 38.3 Å². The van der Waals surface area contributed by atoms with E-state index in [4.69, 9.17) is 5.14 Å². The molecule has 7 nitrogen and oxygen atoms in total. The van der Waals surface area contributed by atoms with Crippen molar-refractivity contribution in [1.82, 2.24) is 15.1 Å². The molecule has 1 amide bonds. The Morgan fingerprint density at radius 3 is 2.71 bits per heavy atom. The zero-order chi connectivity index (χ0) is 13.1. The molecule has 0 bridgehead atoms. The molecule has 17 heavy (non-hydrogen) atoms. The smallest absolute Gasteiger partial charge is 0.241 e. The number of hydrogen-bond donors (Lipinski definition) is 2. The van der Waals surface area contributed by atoms with Gasteiger partial charge in [0.2, 0.25) is 15.9 Å². The lowest BCUT2D eigenvalue weighted by atomic mass is 10.4. The van der Waals surface area contributed by atoms with Crippen LogP contribution in [-0.2, 0) is 27.9 Å². The molecule has 0 atom stereocenters. The van der Waals surface area contributed by atoms with Crippen LogP contribution in [0.5, 0.6) is 0 Å². The van der Waals surface area contributed by atoms with Gasteiger partial charge in [-0.05, 0) is 6.42 Å². The number of sulfonamides is 1. The summed E-state index contributed by atoms with van der Waals surface area (Å²) in [5, 5.41) is 11.6. The average Bonchev–Trinajstić information content (AvgIpc) is 2.58. The summed E-state index contributed by atoms with van der Waals surface area (Å²) >= 11 is 0. The topological polar surface area (TPSA) is 107 Å². The predicted octanol–water partition coefficient (Wildman–Crippen LogP) is -0.423. The highest BCUT2D eigenvalue weighted by Gasteiger charge is 2.19. The van der Waals surface area contributed by atoms with Crippen LogP contribution in [0.3, 0.4) is 0 Å². The van der Waals surface area contributed by atoms with E-state index in [1.54, 1.807) is 0 Å². The molecule has 0 spiro atoms. The van der Waals surface area contributed by atoms with Crippen molar-refractivity contribution in [2.75, 3.05) is 0 Å². The highest BCUT2D eigenvalue weighted by molar-refractivity contribution is 7.89. The van der Waals surface area contributed by atoms with Crippen molar-refractivity contribution >= 4 is 15.9 Å². The second kappa shape index (κ2) is 5.28. The summed E-state index contributed by atoms with van der Waals surface area (Å²) in [5.74, 6) is -0.241. The average molecular weight is 260 g/mol. The Labute approximate surface area is 100 Å². The van der Waals surface area contributed by atoms with Gasteiger partial charge in [0.1, 0.15) is 4.90 Å². The molecule has 0 radical (unpaired) electrons. The van der Waals surface area contributed by atoms with Crippen molar-refractivity contribution in [3.8, 4) is 0 Å². The highest BCUT2D eigenvalue weighted by atomic mass is 32.2. The second-order valence-electron chi connectivity index (χ2n) is 3.63. The second-order valence-corrected chi connectivity index (χ2v) is 5.16. The molecule has 96 valence electrons. The summed E-state index contributed by atoms with van der Waals surface area (Å²) in [4.78, 5) is 10.8. The molecule has 0 fully saturated rings. The summed E-state index contributed by atoms with van der Waals surface area (Å²) in [6.07, 6.45) is 2.01. The first-order valence-corrected chi connectivity index (χ1v) is 6.72. The highest BCUT2D eigenvalue weighted by Crippen LogP contribution is 2.14. The van der Waals surface area contributed by atoms with E-state index < -0.39 is 10.0 Å². The van der Waals surface area contributed by atoms with Gasteiger partial charge in [-0.1, -0.05) is 6.92 Å². The Bertz CT molecular complexity index is 506. The molecule has 0 aliphatic heterocycles. The third kappa shape index (κ3) is 3.53. The number of carbonyl (C=O) groups is 1. The van der Waals surface area contributed by atoms with E-state index in [0.29, 0.717) is 12.2 Å². The third-order valence-electron chi connectivity index (χ3n) is 2.16. The Hall–Kier alpha value is -1.41. The van der Waals surface area contributed by atoms with Crippen LogP contribution in [0.25, 0.3) is 0 Å². The molecule has 0 aliphatic rings. The molecule has 0 saturated carbocycles. The van der Waals surface area contributed by atoms with Crippen LogP contribution >= 0.6 is 0 Å². The van der Waals surface area contributed by atoms with Gasteiger partial charge in [0.25, 0.3) is 0 Å². The van der Waals surface area contributed by atoms with Crippen molar-refractivity contribution in [2.24, 2.45) is 5.14 Å². The molecule has 1 heterocycles. The van der Waals surface area contributed by atoms with E-state index in [1.807, 2.05) is 6.92 Å². The summed E-state index contributed by atoms with van der Waals surface area (Å²) in [6.45, 7) is 3.98. The Kier molecular flexibility index (Phi) is 4.24. The molecule has 0 saturated heterocycles. The predicted molar refractivity (Wildman–Crippen MR) is 61.4 cm³/mol. The largest absolute Gasteiger partial charge is 0.351 e. The summed E-state index contributed by atoms with van der Waals surface area (Å²) in [6, 6.07) is 0. The summed E-state index contributed by atoms with van der Waals surface area (Å²) < 4.78 is 24.2. The van der Waals surface area contributed by atoms with Gasteiger partial charge in [-0.15, -0.1) is 0 Å². The monoisotopic (exact) mass is 260 g/mol. The first kappa shape index (κ1) is 13.7. The first-order valence-electron chi connectivity index (χ1n) is 5.18. The van der Waals surface area contributed by atoms with Crippen LogP contribution in [-0.4, -0.2) is 24.1 Å². The van der Waals surface area contributed by atoms with Crippen LogP contribution in [0.4, 0.5) is 0 Å².